The summed E-state index contributed by atoms with van der Waals surface area (Å²) in [5.41, 5.74) is 1.64. The van der Waals surface area contributed by atoms with E-state index in [1.807, 2.05) is 41.1 Å². The Hall–Kier alpha value is -2.63. The van der Waals surface area contributed by atoms with E-state index in [0.717, 1.165) is 5.56 Å². The highest BCUT2D eigenvalue weighted by atomic mass is 16.6. The minimum absolute atomic E-state index is 0.0512. The van der Waals surface area contributed by atoms with Gasteiger partial charge in [-0.2, -0.15) is 0 Å². The minimum Gasteiger partial charge on any atom is -0.481 e. The fourth-order valence-electron chi connectivity index (χ4n) is 1.61. The number of hydrogen-bond acceptors (Lipinski definition) is 4. The predicted octanol–water partition coefficient (Wildman–Crippen LogP) is 1.78. The van der Waals surface area contributed by atoms with Gasteiger partial charge in [-0.1, -0.05) is 35.5 Å². The van der Waals surface area contributed by atoms with E-state index in [-0.39, 0.29) is 13.0 Å². The average molecular weight is 273 g/mol. The van der Waals surface area contributed by atoms with Crippen LogP contribution in [-0.2, 0) is 16.2 Å². The van der Waals surface area contributed by atoms with Crippen LogP contribution in [0, 0.1) is 0 Å². The summed E-state index contributed by atoms with van der Waals surface area (Å²) >= 11 is 0. The molecule has 0 aliphatic carbocycles. The molecule has 0 amide bonds. The molecule has 0 fully saturated rings. The van der Waals surface area contributed by atoms with Gasteiger partial charge in [-0.05, 0) is 0 Å². The van der Waals surface area contributed by atoms with E-state index in [0.29, 0.717) is 12.3 Å². The van der Waals surface area contributed by atoms with Crippen LogP contribution >= 0.6 is 0 Å². The van der Waals surface area contributed by atoms with Gasteiger partial charge in [0.05, 0.1) is 19.3 Å². The molecule has 6 heteroatoms. The van der Waals surface area contributed by atoms with Crippen LogP contribution in [0.15, 0.2) is 54.2 Å². The van der Waals surface area contributed by atoms with E-state index in [4.69, 9.17) is 9.94 Å². The molecule has 1 N–H and O–H groups in total. The summed E-state index contributed by atoms with van der Waals surface area (Å²) in [5.74, 6) is -0.906. The maximum absolute atomic E-state index is 10.4. The Kier molecular flexibility index (Phi) is 4.88. The van der Waals surface area contributed by atoms with E-state index < -0.39 is 5.97 Å². The highest BCUT2D eigenvalue weighted by Crippen LogP contribution is 2.05. The van der Waals surface area contributed by atoms with E-state index in [9.17, 15) is 4.79 Å². The van der Waals surface area contributed by atoms with Crippen LogP contribution < -0.4 is 0 Å². The molecule has 0 bridgehead atoms. The molecular formula is C14H15N3O3. The van der Waals surface area contributed by atoms with Crippen molar-refractivity contribution in [3.05, 3.63) is 54.6 Å². The van der Waals surface area contributed by atoms with Crippen LogP contribution in [0.1, 0.15) is 12.0 Å². The van der Waals surface area contributed by atoms with Gasteiger partial charge in [0, 0.05) is 18.0 Å². The fourth-order valence-corrected chi connectivity index (χ4v) is 1.61. The lowest BCUT2D eigenvalue weighted by molar-refractivity contribution is -0.138. The molecule has 1 aromatic heterocycles. The molecule has 0 spiro atoms. The first-order chi connectivity index (χ1) is 9.75. The molecule has 2 aromatic rings. The van der Waals surface area contributed by atoms with Gasteiger partial charge in [0.25, 0.3) is 0 Å². The Morgan fingerprint density at radius 1 is 1.35 bits per heavy atom. The normalized spacial score (nSPS) is 11.3. The topological polar surface area (TPSA) is 76.7 Å². The number of aromatic nitrogens is 2. The maximum Gasteiger partial charge on any atom is 0.306 e. The van der Waals surface area contributed by atoms with Gasteiger partial charge in [0.2, 0.25) is 0 Å². The Bertz CT molecular complexity index is 565. The number of aliphatic carboxylic acids is 1. The van der Waals surface area contributed by atoms with E-state index in [1.54, 1.807) is 12.5 Å². The third kappa shape index (κ3) is 4.24. The Morgan fingerprint density at radius 3 is 2.80 bits per heavy atom. The molecule has 104 valence electrons. The van der Waals surface area contributed by atoms with Crippen molar-refractivity contribution in [2.45, 2.75) is 13.0 Å². The zero-order chi connectivity index (χ0) is 14.2. The number of carbonyl (C=O) groups is 1. The fraction of sp³-hybridized carbons (Fsp3) is 0.214. The summed E-state index contributed by atoms with van der Waals surface area (Å²) in [5, 5.41) is 12.6. The van der Waals surface area contributed by atoms with Crippen molar-refractivity contribution in [2.75, 3.05) is 6.61 Å². The summed E-state index contributed by atoms with van der Waals surface area (Å²) in [7, 11) is 0. The first kappa shape index (κ1) is 13.8. The summed E-state index contributed by atoms with van der Waals surface area (Å²) < 4.78 is 1.87. The smallest absolute Gasteiger partial charge is 0.306 e. The third-order valence-electron chi connectivity index (χ3n) is 2.58. The lowest BCUT2D eigenvalue weighted by Crippen LogP contribution is -2.11. The lowest BCUT2D eigenvalue weighted by atomic mass is 10.1. The highest BCUT2D eigenvalue weighted by molar-refractivity contribution is 6.00. The summed E-state index contributed by atoms with van der Waals surface area (Å²) in [6.07, 6.45) is 5.13. The molecule has 0 radical (unpaired) electrons. The molecule has 2 rings (SSSR count). The maximum atomic E-state index is 10.4. The number of imidazole rings is 1. The van der Waals surface area contributed by atoms with Crippen molar-refractivity contribution in [1.29, 1.82) is 0 Å². The molecule has 0 aliphatic heterocycles. The average Bonchev–Trinajstić information content (AvgIpc) is 2.96. The van der Waals surface area contributed by atoms with Crippen LogP contribution in [0.3, 0.4) is 0 Å². The van der Waals surface area contributed by atoms with Gasteiger partial charge in [0.15, 0.2) is 0 Å². The van der Waals surface area contributed by atoms with Crippen molar-refractivity contribution in [3.63, 3.8) is 0 Å². The van der Waals surface area contributed by atoms with Gasteiger partial charge in [-0.15, -0.1) is 0 Å². The Morgan fingerprint density at radius 2 is 2.15 bits per heavy atom. The number of carboxylic acid groups (broad SMARTS) is 1. The molecular weight excluding hydrogens is 258 g/mol. The highest BCUT2D eigenvalue weighted by Gasteiger charge is 2.05. The van der Waals surface area contributed by atoms with Crippen molar-refractivity contribution < 1.29 is 14.7 Å². The first-order valence-electron chi connectivity index (χ1n) is 6.17. The number of benzene rings is 1. The molecule has 0 aliphatic rings. The first-order valence-corrected chi connectivity index (χ1v) is 6.17. The predicted molar refractivity (Wildman–Crippen MR) is 73.4 cm³/mol. The van der Waals surface area contributed by atoms with E-state index >= 15 is 0 Å². The van der Waals surface area contributed by atoms with Crippen molar-refractivity contribution in [3.8, 4) is 0 Å². The molecule has 0 atom stereocenters. The largest absolute Gasteiger partial charge is 0.481 e. The monoisotopic (exact) mass is 273 g/mol. The number of carboxylic acids is 1. The van der Waals surface area contributed by atoms with Gasteiger partial charge in [-0.3, -0.25) is 4.79 Å². The van der Waals surface area contributed by atoms with Crippen LogP contribution in [-0.4, -0.2) is 32.9 Å². The van der Waals surface area contributed by atoms with Crippen LogP contribution in [0.4, 0.5) is 0 Å². The zero-order valence-corrected chi connectivity index (χ0v) is 10.8. The minimum atomic E-state index is -0.906. The lowest BCUT2D eigenvalue weighted by Gasteiger charge is -2.07. The molecule has 0 saturated carbocycles. The Labute approximate surface area is 116 Å². The number of oxime groups is 1. The molecule has 6 nitrogen and oxygen atoms in total. The van der Waals surface area contributed by atoms with Gasteiger partial charge >= 0.3 is 5.97 Å². The second-order valence-corrected chi connectivity index (χ2v) is 4.12. The van der Waals surface area contributed by atoms with Gasteiger partial charge < -0.3 is 14.5 Å². The van der Waals surface area contributed by atoms with Crippen molar-refractivity contribution in [2.24, 2.45) is 5.16 Å². The van der Waals surface area contributed by atoms with Crippen molar-refractivity contribution >= 4 is 11.7 Å². The van der Waals surface area contributed by atoms with Crippen molar-refractivity contribution in [1.82, 2.24) is 9.55 Å². The quantitative estimate of drug-likeness (QED) is 0.474. The molecule has 1 heterocycles. The van der Waals surface area contributed by atoms with Gasteiger partial charge in [-0.25, -0.2) is 4.98 Å². The molecule has 20 heavy (non-hydrogen) atoms. The van der Waals surface area contributed by atoms with Crippen LogP contribution in [0.5, 0.6) is 0 Å². The Balaban J connectivity index is 2.07. The van der Waals surface area contributed by atoms with E-state index in [2.05, 4.69) is 10.1 Å². The van der Waals surface area contributed by atoms with Gasteiger partial charge in [0.1, 0.15) is 12.3 Å². The summed E-state index contributed by atoms with van der Waals surface area (Å²) in [6.45, 7) is 0.562. The summed E-state index contributed by atoms with van der Waals surface area (Å²) in [6, 6.07) is 9.60. The molecule has 1 aromatic carbocycles. The number of hydrogen-bond donors (Lipinski definition) is 1. The number of rotatable bonds is 7. The second-order valence-electron chi connectivity index (χ2n) is 4.12. The molecule has 0 unspecified atom stereocenters. The summed E-state index contributed by atoms with van der Waals surface area (Å²) in [4.78, 5) is 19.5. The third-order valence-corrected chi connectivity index (χ3v) is 2.58. The molecule has 0 saturated heterocycles. The van der Waals surface area contributed by atoms with Crippen LogP contribution in [0.25, 0.3) is 0 Å². The zero-order valence-electron chi connectivity index (χ0n) is 10.8. The van der Waals surface area contributed by atoms with E-state index in [1.165, 1.54) is 0 Å². The number of nitrogens with zero attached hydrogens (tertiary/aromatic N) is 3. The van der Waals surface area contributed by atoms with Crippen LogP contribution in [0.2, 0.25) is 0 Å². The standard InChI is InChI=1S/C14H15N3O3/c18-14(19)6-9-20-16-13(10-17-8-7-15-11-17)12-4-2-1-3-5-12/h1-5,7-8,11H,6,9-10H2,(H,18,19)/b16-13-. The second kappa shape index (κ2) is 7.08. The SMILES string of the molecule is O=C(O)CCO/N=C(/Cn1ccnc1)c1ccccc1.